The van der Waals surface area contributed by atoms with Gasteiger partial charge < -0.3 is 10.6 Å². The highest BCUT2D eigenvalue weighted by Gasteiger charge is 2.30. The molecule has 0 atom stereocenters. The number of fused-ring (bicyclic) bond motifs is 1. The minimum absolute atomic E-state index is 0.0664. The van der Waals surface area contributed by atoms with Gasteiger partial charge in [-0.2, -0.15) is 0 Å². The van der Waals surface area contributed by atoms with E-state index in [2.05, 4.69) is 15.6 Å². The smallest absolute Gasteiger partial charge is 0.325 e. The number of rotatable bonds is 6. The number of nitrogens with zero attached hydrogens (tertiary/aromatic N) is 2. The third-order valence-electron chi connectivity index (χ3n) is 4.96. The molecule has 0 unspecified atom stereocenters. The average Bonchev–Trinajstić information content (AvgIpc) is 2.79. The van der Waals surface area contributed by atoms with Crippen LogP contribution < -0.4 is 10.6 Å². The van der Waals surface area contributed by atoms with Gasteiger partial charge >= 0.3 is 5.69 Å². The van der Waals surface area contributed by atoms with E-state index in [1.54, 1.807) is 12.1 Å². The number of aryl methyl sites for hydroxylation is 1. The van der Waals surface area contributed by atoms with Crippen molar-refractivity contribution in [2.24, 2.45) is 0 Å². The van der Waals surface area contributed by atoms with Gasteiger partial charge in [-0.25, -0.2) is 9.37 Å². The molecule has 1 amide bonds. The number of nitro groups is 1. The van der Waals surface area contributed by atoms with E-state index in [0.717, 1.165) is 11.1 Å². The number of pyridine rings is 1. The van der Waals surface area contributed by atoms with E-state index >= 15 is 0 Å². The highest BCUT2D eigenvalue weighted by atomic mass is 19.1. The lowest BCUT2D eigenvalue weighted by Crippen LogP contribution is -2.24. The Kier molecular flexibility index (Phi) is 5.76. The molecule has 0 aliphatic rings. The van der Waals surface area contributed by atoms with Crippen molar-refractivity contribution in [2.45, 2.75) is 13.5 Å². The van der Waals surface area contributed by atoms with Crippen molar-refractivity contribution in [1.82, 2.24) is 10.3 Å². The first-order valence-electron chi connectivity index (χ1n) is 9.86. The van der Waals surface area contributed by atoms with Crippen LogP contribution >= 0.6 is 0 Å². The molecular formula is C24H19FN4O3. The molecule has 160 valence electrons. The van der Waals surface area contributed by atoms with E-state index in [9.17, 15) is 19.3 Å². The van der Waals surface area contributed by atoms with Gasteiger partial charge in [-0.15, -0.1) is 0 Å². The summed E-state index contributed by atoms with van der Waals surface area (Å²) in [6.07, 6.45) is 0. The average molecular weight is 430 g/mol. The molecule has 0 aliphatic carbocycles. The number of anilines is 2. The predicted octanol–water partition coefficient (Wildman–Crippen LogP) is 5.26. The van der Waals surface area contributed by atoms with Crippen molar-refractivity contribution in [3.05, 3.63) is 105 Å². The Morgan fingerprint density at radius 2 is 1.75 bits per heavy atom. The molecule has 0 aliphatic heterocycles. The summed E-state index contributed by atoms with van der Waals surface area (Å²) in [5.41, 5.74) is 1.46. The fourth-order valence-electron chi connectivity index (χ4n) is 3.38. The topological polar surface area (TPSA) is 97.2 Å². The van der Waals surface area contributed by atoms with E-state index in [-0.39, 0.29) is 28.8 Å². The van der Waals surface area contributed by atoms with Crippen LogP contribution in [0.15, 0.2) is 72.8 Å². The summed E-state index contributed by atoms with van der Waals surface area (Å²) in [6, 6.07) is 20.3. The molecule has 3 aromatic carbocycles. The Labute approximate surface area is 183 Å². The van der Waals surface area contributed by atoms with Gasteiger partial charge in [0.2, 0.25) is 5.82 Å². The second-order valence-electron chi connectivity index (χ2n) is 7.24. The van der Waals surface area contributed by atoms with Crippen molar-refractivity contribution < 1.29 is 14.1 Å². The van der Waals surface area contributed by atoms with E-state index < -0.39 is 22.3 Å². The zero-order valence-electron chi connectivity index (χ0n) is 17.1. The van der Waals surface area contributed by atoms with Gasteiger partial charge in [0.1, 0.15) is 16.9 Å². The molecule has 0 radical (unpaired) electrons. The van der Waals surface area contributed by atoms with Crippen LogP contribution in [-0.4, -0.2) is 15.8 Å². The fraction of sp³-hybridized carbons (Fsp3) is 0.0833. The number of nitrogens with one attached hydrogen (secondary N) is 2. The monoisotopic (exact) mass is 430 g/mol. The number of carbonyl (C=O) groups is 1. The van der Waals surface area contributed by atoms with Gasteiger partial charge in [0, 0.05) is 17.6 Å². The Balaban J connectivity index is 1.84. The molecule has 0 spiro atoms. The zero-order valence-corrected chi connectivity index (χ0v) is 17.1. The van der Waals surface area contributed by atoms with Crippen LogP contribution in [0.4, 0.5) is 21.6 Å². The first-order valence-corrected chi connectivity index (χ1v) is 9.86. The number of carbonyl (C=O) groups excluding carboxylic acids is 1. The van der Waals surface area contributed by atoms with Gasteiger partial charge in [0.15, 0.2) is 0 Å². The highest BCUT2D eigenvalue weighted by molar-refractivity contribution is 6.11. The third-order valence-corrected chi connectivity index (χ3v) is 4.96. The van der Waals surface area contributed by atoms with Gasteiger partial charge in [0.05, 0.1) is 4.92 Å². The molecule has 2 N–H and O–H groups in total. The molecule has 4 aromatic rings. The molecular weight excluding hydrogens is 411 g/mol. The Hall–Kier alpha value is -4.33. The minimum Gasteiger partial charge on any atom is -0.348 e. The van der Waals surface area contributed by atoms with Crippen LogP contribution in [0.25, 0.3) is 10.9 Å². The van der Waals surface area contributed by atoms with E-state index in [4.69, 9.17) is 0 Å². The number of amides is 1. The summed E-state index contributed by atoms with van der Waals surface area (Å²) in [5, 5.41) is 17.7. The second-order valence-corrected chi connectivity index (χ2v) is 7.24. The lowest BCUT2D eigenvalue weighted by atomic mass is 10.0. The van der Waals surface area contributed by atoms with Gasteiger partial charge in [-0.05, 0) is 30.7 Å². The molecule has 0 saturated carbocycles. The Bertz CT molecular complexity index is 1310. The molecule has 0 fully saturated rings. The van der Waals surface area contributed by atoms with Gasteiger partial charge in [0.25, 0.3) is 5.91 Å². The number of para-hydroxylation sites is 1. The maximum absolute atomic E-state index is 14.6. The molecule has 7 nitrogen and oxygen atoms in total. The molecule has 0 saturated heterocycles. The van der Waals surface area contributed by atoms with Gasteiger partial charge in [-0.1, -0.05) is 60.2 Å². The van der Waals surface area contributed by atoms with Gasteiger partial charge in [-0.3, -0.25) is 14.9 Å². The van der Waals surface area contributed by atoms with Crippen LogP contribution in [0.5, 0.6) is 0 Å². The van der Waals surface area contributed by atoms with Crippen molar-refractivity contribution >= 4 is 34.0 Å². The number of benzene rings is 3. The maximum atomic E-state index is 14.6. The molecule has 1 aromatic heterocycles. The van der Waals surface area contributed by atoms with Crippen LogP contribution in [0.1, 0.15) is 21.5 Å². The zero-order chi connectivity index (χ0) is 22.7. The Morgan fingerprint density at radius 3 is 2.44 bits per heavy atom. The van der Waals surface area contributed by atoms with Crippen LogP contribution in [-0.2, 0) is 6.54 Å². The predicted molar refractivity (Wildman–Crippen MR) is 120 cm³/mol. The quantitative estimate of drug-likeness (QED) is 0.321. The standard InChI is InChI=1S/C24H19FN4O3/c1-15-10-12-17(13-11-15)27-23-22(29(31)32)20(18-8-5-9-19(25)21(18)28-23)24(30)26-14-16-6-3-2-4-7-16/h2-13H,14H2,1H3,(H,26,30)(H,27,28). The summed E-state index contributed by atoms with van der Waals surface area (Å²) < 4.78 is 14.6. The fourth-order valence-corrected chi connectivity index (χ4v) is 3.38. The first-order chi connectivity index (χ1) is 15.4. The van der Waals surface area contributed by atoms with Crippen LogP contribution in [0.2, 0.25) is 0 Å². The lowest BCUT2D eigenvalue weighted by Gasteiger charge is -2.13. The third kappa shape index (κ3) is 4.24. The maximum Gasteiger partial charge on any atom is 0.325 e. The first kappa shape index (κ1) is 20.9. The van der Waals surface area contributed by atoms with Crippen molar-refractivity contribution in [1.29, 1.82) is 0 Å². The molecule has 1 heterocycles. The highest BCUT2D eigenvalue weighted by Crippen LogP contribution is 2.35. The van der Waals surface area contributed by atoms with E-state index in [1.807, 2.05) is 49.4 Å². The summed E-state index contributed by atoms with van der Waals surface area (Å²) in [4.78, 5) is 28.7. The van der Waals surface area contributed by atoms with Crippen molar-refractivity contribution in [3.8, 4) is 0 Å². The van der Waals surface area contributed by atoms with E-state index in [0.29, 0.717) is 5.69 Å². The largest absolute Gasteiger partial charge is 0.348 e. The SMILES string of the molecule is Cc1ccc(Nc2nc3c(F)cccc3c(C(=O)NCc3ccccc3)c2[N+](=O)[O-])cc1. The number of aromatic nitrogens is 1. The summed E-state index contributed by atoms with van der Waals surface area (Å²) >= 11 is 0. The molecule has 0 bridgehead atoms. The number of hydrogen-bond donors (Lipinski definition) is 2. The Morgan fingerprint density at radius 1 is 1.03 bits per heavy atom. The molecule has 8 heteroatoms. The molecule has 4 rings (SSSR count). The minimum atomic E-state index is -0.689. The summed E-state index contributed by atoms with van der Waals surface area (Å²) in [6.45, 7) is 2.07. The summed E-state index contributed by atoms with van der Waals surface area (Å²) in [7, 11) is 0. The second kappa shape index (κ2) is 8.81. The normalized spacial score (nSPS) is 10.7. The van der Waals surface area contributed by atoms with Crippen LogP contribution in [0, 0.1) is 22.9 Å². The van der Waals surface area contributed by atoms with Crippen LogP contribution in [0.3, 0.4) is 0 Å². The summed E-state index contributed by atoms with van der Waals surface area (Å²) in [5.74, 6) is -1.58. The number of halogens is 1. The van der Waals surface area contributed by atoms with E-state index in [1.165, 1.54) is 18.2 Å². The number of hydrogen-bond acceptors (Lipinski definition) is 5. The molecule has 32 heavy (non-hydrogen) atoms. The van der Waals surface area contributed by atoms with Crippen molar-refractivity contribution in [2.75, 3.05) is 5.32 Å². The lowest BCUT2D eigenvalue weighted by molar-refractivity contribution is -0.384. The van der Waals surface area contributed by atoms with Crippen molar-refractivity contribution in [3.63, 3.8) is 0 Å².